The maximum atomic E-state index is 4.64. The van der Waals surface area contributed by atoms with Gasteiger partial charge in [0.05, 0.1) is 15.9 Å². The van der Waals surface area contributed by atoms with Crippen molar-refractivity contribution in [1.29, 1.82) is 0 Å². The lowest BCUT2D eigenvalue weighted by atomic mass is 9.68. The van der Waals surface area contributed by atoms with Crippen LogP contribution < -0.4 is 0 Å². The van der Waals surface area contributed by atoms with Crippen molar-refractivity contribution < 1.29 is 0 Å². The lowest BCUT2D eigenvalue weighted by Gasteiger charge is -2.40. The van der Waals surface area contributed by atoms with E-state index in [0.717, 1.165) is 18.8 Å². The molecule has 1 aromatic rings. The summed E-state index contributed by atoms with van der Waals surface area (Å²) < 4.78 is 3.30. The minimum Gasteiger partial charge on any atom is -0.271 e. The van der Waals surface area contributed by atoms with Gasteiger partial charge < -0.3 is 0 Å². The normalized spacial score (nSPS) is 27.1. The lowest BCUT2D eigenvalue weighted by Crippen LogP contribution is -2.33. The largest absolute Gasteiger partial charge is 0.271 e. The van der Waals surface area contributed by atoms with Crippen molar-refractivity contribution >= 4 is 31.9 Å². The van der Waals surface area contributed by atoms with Crippen molar-refractivity contribution in [3.05, 3.63) is 15.9 Å². The number of alkyl halides is 1. The highest BCUT2D eigenvalue weighted by Crippen LogP contribution is 2.44. The van der Waals surface area contributed by atoms with Gasteiger partial charge in [0, 0.05) is 11.9 Å². The third-order valence-corrected chi connectivity index (χ3v) is 7.19. The van der Waals surface area contributed by atoms with E-state index in [1.807, 2.05) is 0 Å². The Labute approximate surface area is 146 Å². The first-order valence-corrected chi connectivity index (χ1v) is 9.79. The Morgan fingerprint density at radius 3 is 2.48 bits per heavy atom. The zero-order chi connectivity index (χ0) is 15.8. The molecule has 4 heteroatoms. The van der Waals surface area contributed by atoms with E-state index < -0.39 is 0 Å². The van der Waals surface area contributed by atoms with E-state index in [2.05, 4.69) is 76.4 Å². The zero-order valence-electron chi connectivity index (χ0n) is 13.9. The Balaban J connectivity index is 2.16. The average Bonchev–Trinajstić information content (AvgIpc) is 2.67. The third kappa shape index (κ3) is 3.93. The van der Waals surface area contributed by atoms with Crippen molar-refractivity contribution in [2.24, 2.45) is 24.3 Å². The van der Waals surface area contributed by atoms with Gasteiger partial charge in [0.1, 0.15) is 0 Å². The van der Waals surface area contributed by atoms with Crippen LogP contribution in [0.1, 0.15) is 58.3 Å². The molecular weight excluding hydrogens is 392 g/mol. The first-order valence-electron chi connectivity index (χ1n) is 8.08. The Bertz CT molecular complexity index is 488. The van der Waals surface area contributed by atoms with Gasteiger partial charge in [-0.25, -0.2) is 0 Å². The molecule has 0 bridgehead atoms. The van der Waals surface area contributed by atoms with E-state index in [1.54, 1.807) is 0 Å². The van der Waals surface area contributed by atoms with Crippen molar-refractivity contribution in [1.82, 2.24) is 9.78 Å². The predicted molar refractivity (Wildman–Crippen MR) is 97.0 cm³/mol. The summed E-state index contributed by atoms with van der Waals surface area (Å²) in [5.41, 5.74) is 2.96. The maximum absolute atomic E-state index is 4.64. The van der Waals surface area contributed by atoms with Crippen LogP contribution in [0.3, 0.4) is 0 Å². The number of nitrogens with zero attached hydrogens (tertiary/aromatic N) is 2. The third-order valence-electron chi connectivity index (χ3n) is 5.07. The number of hydrogen-bond acceptors (Lipinski definition) is 1. The summed E-state index contributed by atoms with van der Waals surface area (Å²) in [4.78, 5) is 0.642. The summed E-state index contributed by atoms with van der Waals surface area (Å²) in [6.45, 7) is 9.33. The van der Waals surface area contributed by atoms with Crippen LogP contribution in [-0.4, -0.2) is 14.6 Å². The van der Waals surface area contributed by atoms with Crippen LogP contribution in [0, 0.1) is 17.3 Å². The lowest BCUT2D eigenvalue weighted by molar-refractivity contribution is 0.146. The molecule has 0 amide bonds. The molecule has 1 aliphatic rings. The molecule has 0 saturated heterocycles. The monoisotopic (exact) mass is 418 g/mol. The second-order valence-corrected chi connectivity index (χ2v) is 9.51. The molecule has 1 saturated carbocycles. The smallest absolute Gasteiger partial charge is 0.0766 e. The summed E-state index contributed by atoms with van der Waals surface area (Å²) in [5, 5.41) is 4.64. The maximum Gasteiger partial charge on any atom is 0.0766 e. The molecule has 120 valence electrons. The van der Waals surface area contributed by atoms with E-state index in [-0.39, 0.29) is 0 Å². The summed E-state index contributed by atoms with van der Waals surface area (Å²) in [6.07, 6.45) is 6.07. The van der Waals surface area contributed by atoms with Crippen molar-refractivity contribution in [3.8, 4) is 0 Å². The van der Waals surface area contributed by atoms with Gasteiger partial charge in [0.25, 0.3) is 0 Å². The molecule has 2 nitrogen and oxygen atoms in total. The highest BCUT2D eigenvalue weighted by atomic mass is 79.9. The standard InChI is InChI=1S/C17H28Br2N2/c1-6-14-16(19)15(21(5)20-14)10-11-9-12(17(2,3)4)7-8-13(11)18/h11-13H,6-10H2,1-5H3. The molecule has 0 radical (unpaired) electrons. The highest BCUT2D eigenvalue weighted by Gasteiger charge is 2.35. The highest BCUT2D eigenvalue weighted by molar-refractivity contribution is 9.10. The van der Waals surface area contributed by atoms with Gasteiger partial charge in [0.2, 0.25) is 0 Å². The Morgan fingerprint density at radius 1 is 1.29 bits per heavy atom. The molecule has 0 spiro atoms. The molecule has 3 atom stereocenters. The van der Waals surface area contributed by atoms with E-state index >= 15 is 0 Å². The predicted octanol–water partition coefficient (Wildman–Crippen LogP) is 5.51. The first-order chi connectivity index (χ1) is 9.74. The second-order valence-electron chi connectivity index (χ2n) is 7.54. The van der Waals surface area contributed by atoms with Crippen LogP contribution in [-0.2, 0) is 19.9 Å². The molecule has 2 rings (SSSR count). The fourth-order valence-electron chi connectivity index (χ4n) is 3.51. The SMILES string of the molecule is CCc1nn(C)c(CC2CC(C(C)(C)C)CCC2Br)c1Br. The van der Waals surface area contributed by atoms with Crippen LogP contribution in [0.2, 0.25) is 0 Å². The van der Waals surface area contributed by atoms with E-state index in [9.17, 15) is 0 Å². The Morgan fingerprint density at radius 2 is 1.95 bits per heavy atom. The number of hydrogen-bond donors (Lipinski definition) is 0. The Hall–Kier alpha value is 0.170. The van der Waals surface area contributed by atoms with Crippen molar-refractivity contribution in [2.45, 2.75) is 64.6 Å². The van der Waals surface area contributed by atoms with Crippen molar-refractivity contribution in [3.63, 3.8) is 0 Å². The van der Waals surface area contributed by atoms with Crippen LogP contribution in [0.25, 0.3) is 0 Å². The minimum atomic E-state index is 0.420. The summed E-state index contributed by atoms with van der Waals surface area (Å²) in [6, 6.07) is 0. The molecule has 3 unspecified atom stereocenters. The quantitative estimate of drug-likeness (QED) is 0.590. The van der Waals surface area contributed by atoms with Gasteiger partial charge in [-0.1, -0.05) is 43.6 Å². The Kier molecular flexibility index (Phi) is 5.62. The summed E-state index contributed by atoms with van der Waals surface area (Å²) >= 11 is 7.70. The van der Waals surface area contributed by atoms with Gasteiger partial charge in [-0.3, -0.25) is 4.68 Å². The molecule has 1 aliphatic carbocycles. The van der Waals surface area contributed by atoms with E-state index in [4.69, 9.17) is 0 Å². The molecule has 0 aliphatic heterocycles. The number of rotatable bonds is 3. The topological polar surface area (TPSA) is 17.8 Å². The van der Waals surface area contributed by atoms with Crippen LogP contribution in [0.4, 0.5) is 0 Å². The number of halogens is 2. The van der Waals surface area contributed by atoms with Crippen LogP contribution >= 0.6 is 31.9 Å². The molecular formula is C17H28Br2N2. The fraction of sp³-hybridized carbons (Fsp3) is 0.824. The molecule has 0 N–H and O–H groups in total. The zero-order valence-corrected chi connectivity index (χ0v) is 17.1. The van der Waals surface area contributed by atoms with Crippen LogP contribution in [0.5, 0.6) is 0 Å². The molecule has 0 aromatic carbocycles. The number of aryl methyl sites for hydroxylation is 2. The van der Waals surface area contributed by atoms with Gasteiger partial charge in [-0.2, -0.15) is 5.10 Å². The number of aromatic nitrogens is 2. The first kappa shape index (κ1) is 17.5. The average molecular weight is 420 g/mol. The summed E-state index contributed by atoms with van der Waals surface area (Å²) in [5.74, 6) is 1.54. The second kappa shape index (κ2) is 6.74. The molecule has 1 heterocycles. The summed E-state index contributed by atoms with van der Waals surface area (Å²) in [7, 11) is 2.08. The molecule has 1 aromatic heterocycles. The van der Waals surface area contributed by atoms with Gasteiger partial charge in [0.15, 0.2) is 0 Å². The minimum absolute atomic E-state index is 0.420. The molecule has 21 heavy (non-hydrogen) atoms. The van der Waals surface area contributed by atoms with E-state index in [1.165, 1.54) is 35.1 Å². The van der Waals surface area contributed by atoms with E-state index in [0.29, 0.717) is 16.2 Å². The fourth-order valence-corrected chi connectivity index (χ4v) is 4.96. The van der Waals surface area contributed by atoms with Crippen molar-refractivity contribution in [2.75, 3.05) is 0 Å². The van der Waals surface area contributed by atoms with Crippen LogP contribution in [0.15, 0.2) is 4.47 Å². The molecule has 1 fully saturated rings. The van der Waals surface area contributed by atoms with Gasteiger partial charge in [-0.05, 0) is 65.3 Å². The van der Waals surface area contributed by atoms with Gasteiger partial charge in [-0.15, -0.1) is 0 Å². The van der Waals surface area contributed by atoms with Gasteiger partial charge >= 0.3 is 0 Å².